The third kappa shape index (κ3) is 3.64. The summed E-state index contributed by atoms with van der Waals surface area (Å²) in [4.78, 5) is 2.31. The van der Waals surface area contributed by atoms with Gasteiger partial charge in [0.05, 0.1) is 0 Å². The summed E-state index contributed by atoms with van der Waals surface area (Å²) in [6, 6.07) is 41.7. The fourth-order valence-electron chi connectivity index (χ4n) is 5.54. The fourth-order valence-corrected chi connectivity index (χ4v) is 6.40. The van der Waals surface area contributed by atoms with Gasteiger partial charge in [-0.15, -0.1) is 11.3 Å². The molecule has 0 aliphatic heterocycles. The van der Waals surface area contributed by atoms with Crippen LogP contribution in [0, 0.1) is 12.7 Å². The summed E-state index contributed by atoms with van der Waals surface area (Å²) >= 11 is 1.69. The van der Waals surface area contributed by atoms with Crippen molar-refractivity contribution in [2.75, 3.05) is 0 Å². The normalized spacial score (nSPS) is 11.5. The van der Waals surface area contributed by atoms with Crippen LogP contribution in [-0.2, 0) is 0 Å². The molecule has 0 amide bonds. The summed E-state index contributed by atoms with van der Waals surface area (Å²) in [6.07, 6.45) is 0. The van der Waals surface area contributed by atoms with Gasteiger partial charge in [0.1, 0.15) is 5.82 Å². The molecule has 0 nitrogen and oxygen atoms in total. The molecule has 1 aromatic heterocycles. The van der Waals surface area contributed by atoms with Crippen LogP contribution >= 0.6 is 11.3 Å². The molecule has 0 saturated carbocycles. The lowest BCUT2D eigenvalue weighted by Crippen LogP contribution is -1.93. The van der Waals surface area contributed by atoms with E-state index in [1.807, 2.05) is 24.3 Å². The van der Waals surface area contributed by atoms with Gasteiger partial charge in [0.15, 0.2) is 0 Å². The number of fused-ring (bicyclic) bond motifs is 3. The van der Waals surface area contributed by atoms with Crippen LogP contribution in [0.4, 0.5) is 4.39 Å². The van der Waals surface area contributed by atoms with Crippen LogP contribution in [0.2, 0.25) is 0 Å². The summed E-state index contributed by atoms with van der Waals surface area (Å²) < 4.78 is 15.9. The molecule has 0 spiro atoms. The smallest absolute Gasteiger partial charge is 0.131 e. The van der Waals surface area contributed by atoms with E-state index in [-0.39, 0.29) is 5.82 Å². The highest BCUT2D eigenvalue weighted by atomic mass is 32.1. The maximum atomic E-state index is 15.9. The zero-order valence-electron chi connectivity index (χ0n) is 20.3. The molecule has 0 bridgehead atoms. The summed E-state index contributed by atoms with van der Waals surface area (Å²) in [5, 5.41) is 6.81. The monoisotopic (exact) mass is 494 g/mol. The van der Waals surface area contributed by atoms with Gasteiger partial charge in [-0.3, -0.25) is 0 Å². The number of hydrogen-bond donors (Lipinski definition) is 0. The Morgan fingerprint density at radius 2 is 1.11 bits per heavy atom. The van der Waals surface area contributed by atoms with Crippen molar-refractivity contribution in [3.05, 3.63) is 132 Å². The minimum absolute atomic E-state index is 0.197. The summed E-state index contributed by atoms with van der Waals surface area (Å²) in [7, 11) is 0. The molecule has 37 heavy (non-hydrogen) atoms. The second-order valence-corrected chi connectivity index (χ2v) is 10.8. The van der Waals surface area contributed by atoms with E-state index < -0.39 is 0 Å². The third-order valence-electron chi connectivity index (χ3n) is 7.23. The molecule has 0 saturated heterocycles. The molecule has 6 aromatic carbocycles. The number of thiophene rings is 1. The van der Waals surface area contributed by atoms with Gasteiger partial charge < -0.3 is 0 Å². The van der Waals surface area contributed by atoms with Crippen LogP contribution in [0.25, 0.3) is 65.0 Å². The standard InChI is InChI=1S/C35H23FS/c1-22-14-19-33(37-22)25-17-18-31(32(36)21-25)35-29-12-6-4-10-27(29)34(28-11-5-7-13-30(28)35)26-16-15-23-8-2-3-9-24(23)20-26/h2-21H,1H3. The van der Waals surface area contributed by atoms with Crippen molar-refractivity contribution >= 4 is 43.7 Å². The second-order valence-electron chi connectivity index (χ2n) is 9.51. The molecule has 7 aromatic rings. The van der Waals surface area contributed by atoms with Crippen molar-refractivity contribution in [1.82, 2.24) is 0 Å². The Morgan fingerprint density at radius 1 is 0.514 bits per heavy atom. The lowest BCUT2D eigenvalue weighted by Gasteiger charge is -2.18. The summed E-state index contributed by atoms with van der Waals surface area (Å²) in [5.41, 5.74) is 4.85. The molecule has 2 heteroatoms. The molecule has 0 aliphatic rings. The highest BCUT2D eigenvalue weighted by Gasteiger charge is 2.19. The van der Waals surface area contributed by atoms with E-state index in [9.17, 15) is 0 Å². The average Bonchev–Trinajstić information content (AvgIpc) is 3.38. The van der Waals surface area contributed by atoms with Gasteiger partial charge in [0.2, 0.25) is 0 Å². The van der Waals surface area contributed by atoms with Gasteiger partial charge in [-0.05, 0) is 80.2 Å². The lowest BCUT2D eigenvalue weighted by molar-refractivity contribution is 0.632. The van der Waals surface area contributed by atoms with Crippen molar-refractivity contribution in [1.29, 1.82) is 0 Å². The molecule has 0 aliphatic carbocycles. The van der Waals surface area contributed by atoms with Gasteiger partial charge >= 0.3 is 0 Å². The third-order valence-corrected chi connectivity index (χ3v) is 8.28. The molecule has 0 atom stereocenters. The van der Waals surface area contributed by atoms with Crippen LogP contribution in [0.3, 0.4) is 0 Å². The number of aryl methyl sites for hydroxylation is 1. The first kappa shape index (κ1) is 22.0. The van der Waals surface area contributed by atoms with E-state index in [0.717, 1.165) is 37.5 Å². The van der Waals surface area contributed by atoms with E-state index >= 15 is 4.39 Å². The number of rotatable bonds is 3. The van der Waals surface area contributed by atoms with Crippen molar-refractivity contribution in [2.45, 2.75) is 6.92 Å². The molecular formula is C35H23FS. The van der Waals surface area contributed by atoms with Gasteiger partial charge in [0.25, 0.3) is 0 Å². The molecule has 7 rings (SSSR count). The van der Waals surface area contributed by atoms with E-state index in [0.29, 0.717) is 5.56 Å². The van der Waals surface area contributed by atoms with Crippen molar-refractivity contribution in [2.24, 2.45) is 0 Å². The largest absolute Gasteiger partial charge is 0.206 e. The van der Waals surface area contributed by atoms with Crippen molar-refractivity contribution in [3.63, 3.8) is 0 Å². The Balaban J connectivity index is 1.53. The predicted molar refractivity (Wildman–Crippen MR) is 158 cm³/mol. The predicted octanol–water partition coefficient (Wildman–Crippen LogP) is 10.7. The number of halogens is 1. The molecule has 0 fully saturated rings. The zero-order chi connectivity index (χ0) is 24.9. The summed E-state index contributed by atoms with van der Waals surface area (Å²) in [5.74, 6) is -0.197. The zero-order valence-corrected chi connectivity index (χ0v) is 21.1. The fraction of sp³-hybridized carbons (Fsp3) is 0.0286. The van der Waals surface area contributed by atoms with E-state index in [1.54, 1.807) is 17.4 Å². The van der Waals surface area contributed by atoms with Crippen molar-refractivity contribution in [3.8, 4) is 32.7 Å². The first-order chi connectivity index (χ1) is 18.2. The second kappa shape index (κ2) is 8.69. The number of benzene rings is 6. The Labute approximate surface area is 219 Å². The lowest BCUT2D eigenvalue weighted by atomic mass is 9.85. The highest BCUT2D eigenvalue weighted by Crippen LogP contribution is 2.45. The molecule has 176 valence electrons. The van der Waals surface area contributed by atoms with Crippen molar-refractivity contribution < 1.29 is 4.39 Å². The van der Waals surface area contributed by atoms with Crippen LogP contribution < -0.4 is 0 Å². The molecule has 1 heterocycles. The maximum Gasteiger partial charge on any atom is 0.131 e. The Bertz CT molecular complexity index is 1900. The van der Waals surface area contributed by atoms with Gasteiger partial charge in [0, 0.05) is 20.9 Å². The van der Waals surface area contributed by atoms with Gasteiger partial charge in [-0.1, -0.05) is 97.1 Å². The van der Waals surface area contributed by atoms with E-state index in [4.69, 9.17) is 0 Å². The van der Waals surface area contributed by atoms with Crippen LogP contribution in [0.1, 0.15) is 4.88 Å². The number of hydrogen-bond acceptors (Lipinski definition) is 1. The quantitative estimate of drug-likeness (QED) is 0.214. The topological polar surface area (TPSA) is 0 Å². The van der Waals surface area contributed by atoms with E-state index in [2.05, 4.69) is 97.9 Å². The van der Waals surface area contributed by atoms with Crippen LogP contribution in [-0.4, -0.2) is 0 Å². The van der Waals surface area contributed by atoms with Crippen LogP contribution in [0.5, 0.6) is 0 Å². The Kier molecular flexibility index (Phi) is 5.16. The summed E-state index contributed by atoms with van der Waals surface area (Å²) in [6.45, 7) is 2.08. The van der Waals surface area contributed by atoms with Crippen LogP contribution in [0.15, 0.2) is 121 Å². The first-order valence-electron chi connectivity index (χ1n) is 12.5. The minimum Gasteiger partial charge on any atom is -0.206 e. The SMILES string of the molecule is Cc1ccc(-c2ccc(-c3c4ccccc4c(-c4ccc5ccccc5c4)c4ccccc34)c(F)c2)s1. The Hall–Kier alpha value is -4.27. The Morgan fingerprint density at radius 3 is 1.73 bits per heavy atom. The highest BCUT2D eigenvalue weighted by molar-refractivity contribution is 7.15. The van der Waals surface area contributed by atoms with E-state index in [1.165, 1.54) is 26.8 Å². The molecule has 0 radical (unpaired) electrons. The average molecular weight is 495 g/mol. The minimum atomic E-state index is -0.197. The maximum absolute atomic E-state index is 15.9. The van der Waals surface area contributed by atoms with Gasteiger partial charge in [-0.25, -0.2) is 4.39 Å². The first-order valence-corrected chi connectivity index (χ1v) is 13.3. The molecular weight excluding hydrogens is 471 g/mol. The van der Waals surface area contributed by atoms with Gasteiger partial charge in [-0.2, -0.15) is 0 Å². The molecule has 0 unspecified atom stereocenters. The molecule has 0 N–H and O–H groups in total.